The molecule has 0 aromatic heterocycles. The third-order valence-electron chi connectivity index (χ3n) is 5.83. The summed E-state index contributed by atoms with van der Waals surface area (Å²) in [5.41, 5.74) is 3.54. The second kappa shape index (κ2) is 12.9. The van der Waals surface area contributed by atoms with Crippen LogP contribution in [0.15, 0.2) is 48.5 Å². The molecular formula is C25H33N3O3S2. The standard InChI is InChI=1S/C25H33N3O3S2/c1-31-25(30)21(11-13-33-2)28-24(29)20-9-8-19(27-16-22-23(32)10-12-26-22)15-18(20)14-17-6-4-3-5-7-17/h3-9,15,21-23,26-27,32H,10-14,16H2,1-2H3,(H,28,29)/t21-,22+,23+/m0/s1. The van der Waals surface area contributed by atoms with E-state index in [2.05, 4.69) is 28.6 Å². The van der Waals surface area contributed by atoms with Crippen molar-refractivity contribution in [1.29, 1.82) is 0 Å². The summed E-state index contributed by atoms with van der Waals surface area (Å²) in [6, 6.07) is 15.5. The number of rotatable bonds is 11. The zero-order chi connectivity index (χ0) is 23.6. The Bertz CT molecular complexity index is 926. The Labute approximate surface area is 206 Å². The summed E-state index contributed by atoms with van der Waals surface area (Å²) in [5, 5.41) is 10.2. The topological polar surface area (TPSA) is 79.5 Å². The number of anilines is 1. The van der Waals surface area contributed by atoms with Crippen LogP contribution in [0.2, 0.25) is 0 Å². The van der Waals surface area contributed by atoms with E-state index in [4.69, 9.17) is 4.74 Å². The van der Waals surface area contributed by atoms with Crippen molar-refractivity contribution >= 4 is 42.0 Å². The summed E-state index contributed by atoms with van der Waals surface area (Å²) in [4.78, 5) is 25.4. The normalized spacial score (nSPS) is 18.5. The lowest BCUT2D eigenvalue weighted by Crippen LogP contribution is -2.42. The number of amides is 1. The Kier molecular flexibility index (Phi) is 9.96. The lowest BCUT2D eigenvalue weighted by Gasteiger charge is -2.19. The van der Waals surface area contributed by atoms with Crippen LogP contribution < -0.4 is 16.0 Å². The molecule has 1 saturated heterocycles. The third kappa shape index (κ3) is 7.42. The van der Waals surface area contributed by atoms with E-state index in [-0.39, 0.29) is 5.91 Å². The molecule has 0 aliphatic carbocycles. The first-order valence-electron chi connectivity index (χ1n) is 11.2. The second-order valence-electron chi connectivity index (χ2n) is 8.16. The van der Waals surface area contributed by atoms with Gasteiger partial charge in [-0.2, -0.15) is 24.4 Å². The molecule has 0 bridgehead atoms. The Balaban J connectivity index is 1.80. The number of carbonyl (C=O) groups excluding carboxylic acids is 2. The molecule has 0 spiro atoms. The monoisotopic (exact) mass is 487 g/mol. The van der Waals surface area contributed by atoms with Gasteiger partial charge in [-0.3, -0.25) is 4.79 Å². The molecule has 0 radical (unpaired) electrons. The Morgan fingerprint density at radius 3 is 2.70 bits per heavy atom. The highest BCUT2D eigenvalue weighted by Crippen LogP contribution is 2.21. The van der Waals surface area contributed by atoms with Crippen LogP contribution in [0.5, 0.6) is 0 Å². The average molecular weight is 488 g/mol. The van der Waals surface area contributed by atoms with Crippen LogP contribution in [0, 0.1) is 0 Å². The number of thiol groups is 1. The van der Waals surface area contributed by atoms with Gasteiger partial charge in [0.05, 0.1) is 7.11 Å². The number of carbonyl (C=O) groups is 2. The van der Waals surface area contributed by atoms with Gasteiger partial charge >= 0.3 is 5.97 Å². The van der Waals surface area contributed by atoms with E-state index in [1.54, 1.807) is 11.8 Å². The van der Waals surface area contributed by atoms with Crippen molar-refractivity contribution in [2.75, 3.05) is 37.5 Å². The van der Waals surface area contributed by atoms with Gasteiger partial charge < -0.3 is 20.7 Å². The first-order valence-corrected chi connectivity index (χ1v) is 13.1. The van der Waals surface area contributed by atoms with Crippen molar-refractivity contribution in [3.05, 3.63) is 65.2 Å². The van der Waals surface area contributed by atoms with Crippen molar-refractivity contribution in [2.24, 2.45) is 0 Å². The molecular weight excluding hydrogens is 454 g/mol. The van der Waals surface area contributed by atoms with E-state index < -0.39 is 12.0 Å². The van der Waals surface area contributed by atoms with Gasteiger partial charge in [-0.15, -0.1) is 0 Å². The van der Waals surface area contributed by atoms with E-state index in [0.717, 1.165) is 42.1 Å². The molecule has 3 N–H and O–H groups in total. The molecule has 1 heterocycles. The fourth-order valence-corrected chi connectivity index (χ4v) is 4.75. The number of nitrogens with one attached hydrogen (secondary N) is 3. The van der Waals surface area contributed by atoms with Gasteiger partial charge in [0.15, 0.2) is 0 Å². The van der Waals surface area contributed by atoms with E-state index in [0.29, 0.717) is 29.7 Å². The SMILES string of the molecule is COC(=O)[C@H](CCSC)NC(=O)c1ccc(NC[C@H]2NCC[C@H]2S)cc1Cc1ccccc1. The van der Waals surface area contributed by atoms with Crippen LogP contribution in [-0.4, -0.2) is 61.4 Å². The predicted octanol–water partition coefficient (Wildman–Crippen LogP) is 3.37. The molecule has 1 aliphatic rings. The number of methoxy groups -OCH3 is 1. The highest BCUT2D eigenvalue weighted by molar-refractivity contribution is 7.98. The molecule has 1 amide bonds. The molecule has 6 nitrogen and oxygen atoms in total. The zero-order valence-corrected chi connectivity index (χ0v) is 20.9. The average Bonchev–Trinajstić information content (AvgIpc) is 3.25. The van der Waals surface area contributed by atoms with E-state index >= 15 is 0 Å². The van der Waals surface area contributed by atoms with Crippen LogP contribution in [0.1, 0.15) is 34.3 Å². The second-order valence-corrected chi connectivity index (χ2v) is 9.81. The summed E-state index contributed by atoms with van der Waals surface area (Å²) in [6.07, 6.45) is 4.17. The number of ether oxygens (including phenoxy) is 1. The zero-order valence-electron chi connectivity index (χ0n) is 19.2. The molecule has 2 aromatic rings. The summed E-state index contributed by atoms with van der Waals surface area (Å²) in [6.45, 7) is 1.75. The molecule has 1 aliphatic heterocycles. The summed E-state index contributed by atoms with van der Waals surface area (Å²) in [5.74, 6) is 0.0590. The molecule has 0 unspecified atom stereocenters. The van der Waals surface area contributed by atoms with Crippen molar-refractivity contribution in [1.82, 2.24) is 10.6 Å². The number of esters is 1. The van der Waals surface area contributed by atoms with Gasteiger partial charge in [-0.05, 0) is 67.1 Å². The number of thioether (sulfide) groups is 1. The Morgan fingerprint density at radius 2 is 2.03 bits per heavy atom. The third-order valence-corrected chi connectivity index (χ3v) is 7.09. The maximum atomic E-state index is 13.2. The van der Waals surface area contributed by atoms with E-state index in [1.807, 2.05) is 54.8 Å². The van der Waals surface area contributed by atoms with Gasteiger partial charge in [0.2, 0.25) is 0 Å². The maximum absolute atomic E-state index is 13.2. The van der Waals surface area contributed by atoms with Gasteiger partial charge in [0.1, 0.15) is 6.04 Å². The highest BCUT2D eigenvalue weighted by atomic mass is 32.2. The summed E-state index contributed by atoms with van der Waals surface area (Å²) in [7, 11) is 1.34. The first-order chi connectivity index (χ1) is 16.0. The van der Waals surface area contributed by atoms with Crippen molar-refractivity contribution in [3.63, 3.8) is 0 Å². The molecule has 33 heavy (non-hydrogen) atoms. The number of benzene rings is 2. The minimum atomic E-state index is -0.668. The quantitative estimate of drug-likeness (QED) is 0.288. The van der Waals surface area contributed by atoms with Crippen LogP contribution in [0.25, 0.3) is 0 Å². The fraction of sp³-hybridized carbons (Fsp3) is 0.440. The Morgan fingerprint density at radius 1 is 1.24 bits per heavy atom. The first kappa shape index (κ1) is 25.5. The van der Waals surface area contributed by atoms with Gasteiger partial charge in [-0.25, -0.2) is 4.79 Å². The number of hydrogen-bond donors (Lipinski definition) is 4. The lowest BCUT2D eigenvalue weighted by molar-refractivity contribution is -0.142. The van der Waals surface area contributed by atoms with Crippen molar-refractivity contribution < 1.29 is 14.3 Å². The molecule has 0 saturated carbocycles. The van der Waals surface area contributed by atoms with Crippen molar-refractivity contribution in [2.45, 2.75) is 36.6 Å². The lowest BCUT2D eigenvalue weighted by atomic mass is 9.98. The minimum Gasteiger partial charge on any atom is -0.467 e. The van der Waals surface area contributed by atoms with Crippen LogP contribution in [0.3, 0.4) is 0 Å². The molecule has 1 fully saturated rings. The van der Waals surface area contributed by atoms with Crippen molar-refractivity contribution in [3.8, 4) is 0 Å². The predicted molar refractivity (Wildman–Crippen MR) is 140 cm³/mol. The van der Waals surface area contributed by atoms with E-state index in [1.165, 1.54) is 7.11 Å². The number of hydrogen-bond acceptors (Lipinski definition) is 7. The Hall–Kier alpha value is -2.16. The molecule has 178 valence electrons. The highest BCUT2D eigenvalue weighted by Gasteiger charge is 2.24. The van der Waals surface area contributed by atoms with E-state index in [9.17, 15) is 9.59 Å². The van der Waals surface area contributed by atoms with Crippen LogP contribution in [0.4, 0.5) is 5.69 Å². The smallest absolute Gasteiger partial charge is 0.328 e. The summed E-state index contributed by atoms with van der Waals surface area (Å²) < 4.78 is 4.90. The van der Waals surface area contributed by atoms with Crippen LogP contribution >= 0.6 is 24.4 Å². The molecule has 8 heteroatoms. The largest absolute Gasteiger partial charge is 0.467 e. The molecule has 3 rings (SSSR count). The van der Waals surface area contributed by atoms with Gasteiger partial charge in [0, 0.05) is 29.1 Å². The molecule has 2 aromatic carbocycles. The fourth-order valence-electron chi connectivity index (χ4n) is 3.94. The summed E-state index contributed by atoms with van der Waals surface area (Å²) >= 11 is 6.27. The van der Waals surface area contributed by atoms with Gasteiger partial charge in [0.25, 0.3) is 5.91 Å². The maximum Gasteiger partial charge on any atom is 0.328 e. The van der Waals surface area contributed by atoms with Gasteiger partial charge in [-0.1, -0.05) is 30.3 Å². The molecule has 3 atom stereocenters. The van der Waals surface area contributed by atoms with Crippen LogP contribution in [-0.2, 0) is 16.0 Å². The minimum absolute atomic E-state index is 0.267.